The maximum Gasteiger partial charge on any atom is 0.327 e. The van der Waals surface area contributed by atoms with Crippen molar-refractivity contribution in [2.75, 3.05) is 11.9 Å². The fourth-order valence-electron chi connectivity index (χ4n) is 3.07. The van der Waals surface area contributed by atoms with E-state index in [1.165, 1.54) is 4.68 Å². The van der Waals surface area contributed by atoms with Gasteiger partial charge >= 0.3 is 5.97 Å². The van der Waals surface area contributed by atoms with Crippen molar-refractivity contribution in [3.8, 4) is 0 Å². The van der Waals surface area contributed by atoms with Crippen LogP contribution in [-0.4, -0.2) is 28.3 Å². The van der Waals surface area contributed by atoms with Gasteiger partial charge in [0.2, 0.25) is 5.91 Å². The first-order chi connectivity index (χ1) is 11.5. The van der Waals surface area contributed by atoms with Crippen LogP contribution in [0.15, 0.2) is 24.3 Å². The molecule has 7 heteroatoms. The zero-order valence-corrected chi connectivity index (χ0v) is 14.3. The van der Waals surface area contributed by atoms with Crippen LogP contribution in [0.3, 0.4) is 0 Å². The molecule has 1 amide bonds. The highest BCUT2D eigenvalue weighted by Crippen LogP contribution is 2.39. The summed E-state index contributed by atoms with van der Waals surface area (Å²) in [6, 6.07) is 7.46. The molecular formula is C17H18ClN3O3. The minimum Gasteiger partial charge on any atom is -0.465 e. The SMILES string of the molecule is CCOC(=O)Cn1nc(C)c2c1NC(=O)CC2c1cccc(Cl)c1. The summed E-state index contributed by atoms with van der Waals surface area (Å²) >= 11 is 6.09. The number of anilines is 1. The highest BCUT2D eigenvalue weighted by molar-refractivity contribution is 6.30. The predicted octanol–water partition coefficient (Wildman–Crippen LogP) is 2.88. The van der Waals surface area contributed by atoms with Crippen LogP contribution in [0.5, 0.6) is 0 Å². The molecule has 1 aromatic heterocycles. The molecule has 0 saturated heterocycles. The summed E-state index contributed by atoms with van der Waals surface area (Å²) in [5.74, 6) is -0.0791. The van der Waals surface area contributed by atoms with Crippen LogP contribution in [0.25, 0.3) is 0 Å². The molecule has 1 atom stereocenters. The Morgan fingerprint density at radius 2 is 2.29 bits per heavy atom. The molecule has 6 nitrogen and oxygen atoms in total. The molecule has 2 aromatic rings. The van der Waals surface area contributed by atoms with Crippen molar-refractivity contribution in [3.63, 3.8) is 0 Å². The molecule has 1 aliphatic heterocycles. The van der Waals surface area contributed by atoms with E-state index in [9.17, 15) is 9.59 Å². The number of carbonyl (C=O) groups excluding carboxylic acids is 2. The van der Waals surface area contributed by atoms with Crippen molar-refractivity contribution in [3.05, 3.63) is 46.1 Å². The minimum atomic E-state index is -0.387. The molecule has 1 N–H and O–H groups in total. The van der Waals surface area contributed by atoms with Gasteiger partial charge in [0, 0.05) is 22.9 Å². The number of amides is 1. The third-order valence-corrected chi connectivity index (χ3v) is 4.24. The first kappa shape index (κ1) is 16.5. The van der Waals surface area contributed by atoms with Crippen LogP contribution in [0, 0.1) is 6.92 Å². The van der Waals surface area contributed by atoms with Crippen LogP contribution >= 0.6 is 11.6 Å². The number of nitrogens with zero attached hydrogens (tertiary/aromatic N) is 2. The van der Waals surface area contributed by atoms with Crippen molar-refractivity contribution in [2.24, 2.45) is 0 Å². The molecule has 126 valence electrons. The molecule has 1 aliphatic rings. The average Bonchev–Trinajstić information content (AvgIpc) is 2.82. The van der Waals surface area contributed by atoms with Gasteiger partial charge in [0.25, 0.3) is 0 Å². The van der Waals surface area contributed by atoms with Crippen molar-refractivity contribution in [1.82, 2.24) is 9.78 Å². The number of benzene rings is 1. The molecule has 0 bridgehead atoms. The topological polar surface area (TPSA) is 73.2 Å². The summed E-state index contributed by atoms with van der Waals surface area (Å²) in [6.45, 7) is 3.89. The minimum absolute atomic E-state index is 0.0352. The van der Waals surface area contributed by atoms with Crippen molar-refractivity contribution >= 4 is 29.3 Å². The number of aromatic nitrogens is 2. The molecule has 1 aromatic carbocycles. The number of esters is 1. The summed E-state index contributed by atoms with van der Waals surface area (Å²) in [5, 5.41) is 7.87. The molecule has 0 spiro atoms. The summed E-state index contributed by atoms with van der Waals surface area (Å²) in [6.07, 6.45) is 0.319. The Morgan fingerprint density at radius 3 is 3.00 bits per heavy atom. The predicted molar refractivity (Wildman–Crippen MR) is 90.1 cm³/mol. The normalized spacial score (nSPS) is 16.5. The number of fused-ring (bicyclic) bond motifs is 1. The number of hydrogen-bond donors (Lipinski definition) is 1. The standard InChI is InChI=1S/C17H18ClN3O3/c1-3-24-15(23)9-21-17-16(10(2)20-21)13(8-14(22)19-17)11-5-4-6-12(18)7-11/h4-7,13H,3,8-9H2,1-2H3,(H,19,22). The van der Waals surface area contributed by atoms with Crippen LogP contribution < -0.4 is 5.32 Å². The molecule has 2 heterocycles. The van der Waals surface area contributed by atoms with Crippen LogP contribution in [0.2, 0.25) is 5.02 Å². The summed E-state index contributed by atoms with van der Waals surface area (Å²) in [7, 11) is 0. The van der Waals surface area contributed by atoms with Crippen molar-refractivity contribution in [2.45, 2.75) is 32.7 Å². The Kier molecular flexibility index (Phi) is 4.57. The number of nitrogens with one attached hydrogen (secondary N) is 1. The number of halogens is 1. The third kappa shape index (κ3) is 3.14. The van der Waals surface area contributed by atoms with Gasteiger partial charge in [0.1, 0.15) is 12.4 Å². The third-order valence-electron chi connectivity index (χ3n) is 4.00. The fourth-order valence-corrected chi connectivity index (χ4v) is 3.26. The molecular weight excluding hydrogens is 330 g/mol. The maximum absolute atomic E-state index is 12.2. The number of aryl methyl sites for hydroxylation is 1. The van der Waals surface area contributed by atoms with E-state index in [1.807, 2.05) is 25.1 Å². The van der Waals surface area contributed by atoms with E-state index in [4.69, 9.17) is 16.3 Å². The molecule has 0 radical (unpaired) electrons. The van der Waals surface area contributed by atoms with Gasteiger partial charge in [0.15, 0.2) is 0 Å². The number of hydrogen-bond acceptors (Lipinski definition) is 4. The molecule has 0 aliphatic carbocycles. The summed E-state index contributed by atoms with van der Waals surface area (Å²) < 4.78 is 6.47. The van der Waals surface area contributed by atoms with Gasteiger partial charge in [-0.3, -0.25) is 9.59 Å². The van der Waals surface area contributed by atoms with Crippen molar-refractivity contribution < 1.29 is 14.3 Å². The van der Waals surface area contributed by atoms with Crippen LogP contribution in [0.1, 0.15) is 36.1 Å². The van der Waals surface area contributed by atoms with Gasteiger partial charge in [-0.15, -0.1) is 0 Å². The summed E-state index contributed by atoms with van der Waals surface area (Å²) in [4.78, 5) is 23.9. The second-order valence-electron chi connectivity index (χ2n) is 5.67. The van der Waals surface area contributed by atoms with Gasteiger partial charge in [-0.05, 0) is 31.5 Å². The van der Waals surface area contributed by atoms with E-state index in [0.717, 1.165) is 16.8 Å². The average molecular weight is 348 g/mol. The van der Waals surface area contributed by atoms with Crippen LogP contribution in [-0.2, 0) is 20.9 Å². The lowest BCUT2D eigenvalue weighted by molar-refractivity contribution is -0.144. The van der Waals surface area contributed by atoms with E-state index in [0.29, 0.717) is 23.9 Å². The highest BCUT2D eigenvalue weighted by Gasteiger charge is 2.32. The first-order valence-electron chi connectivity index (χ1n) is 7.77. The first-order valence-corrected chi connectivity index (χ1v) is 8.15. The lowest BCUT2D eigenvalue weighted by Crippen LogP contribution is -2.26. The molecule has 0 saturated carbocycles. The Bertz CT molecular complexity index is 800. The Morgan fingerprint density at radius 1 is 1.50 bits per heavy atom. The van der Waals surface area contributed by atoms with E-state index in [-0.39, 0.29) is 24.3 Å². The molecule has 0 fully saturated rings. The van der Waals surface area contributed by atoms with Gasteiger partial charge in [-0.2, -0.15) is 5.10 Å². The number of carbonyl (C=O) groups is 2. The maximum atomic E-state index is 12.2. The fraction of sp³-hybridized carbons (Fsp3) is 0.353. The smallest absolute Gasteiger partial charge is 0.327 e. The Balaban J connectivity index is 2.02. The molecule has 24 heavy (non-hydrogen) atoms. The molecule has 3 rings (SSSR count). The molecule has 1 unspecified atom stereocenters. The van der Waals surface area contributed by atoms with Crippen molar-refractivity contribution in [1.29, 1.82) is 0 Å². The monoisotopic (exact) mass is 347 g/mol. The second kappa shape index (κ2) is 6.65. The Hall–Kier alpha value is -2.34. The second-order valence-corrected chi connectivity index (χ2v) is 6.11. The highest BCUT2D eigenvalue weighted by atomic mass is 35.5. The van der Waals surface area contributed by atoms with E-state index >= 15 is 0 Å². The number of ether oxygens (including phenoxy) is 1. The lowest BCUT2D eigenvalue weighted by Gasteiger charge is -2.24. The van der Waals surface area contributed by atoms with E-state index < -0.39 is 0 Å². The Labute approximate surface area is 144 Å². The summed E-state index contributed by atoms with van der Waals surface area (Å²) in [5.41, 5.74) is 2.65. The van der Waals surface area contributed by atoms with Gasteiger partial charge in [-0.25, -0.2) is 4.68 Å². The van der Waals surface area contributed by atoms with Gasteiger partial charge in [-0.1, -0.05) is 23.7 Å². The van der Waals surface area contributed by atoms with Gasteiger partial charge < -0.3 is 10.1 Å². The largest absolute Gasteiger partial charge is 0.465 e. The van der Waals surface area contributed by atoms with Crippen LogP contribution in [0.4, 0.5) is 5.82 Å². The zero-order chi connectivity index (χ0) is 17.3. The number of rotatable bonds is 4. The zero-order valence-electron chi connectivity index (χ0n) is 13.5. The van der Waals surface area contributed by atoms with E-state index in [2.05, 4.69) is 10.4 Å². The van der Waals surface area contributed by atoms with E-state index in [1.54, 1.807) is 13.0 Å². The quantitative estimate of drug-likeness (QED) is 0.863. The van der Waals surface area contributed by atoms with Gasteiger partial charge in [0.05, 0.1) is 12.3 Å². The lowest BCUT2D eigenvalue weighted by atomic mass is 9.86.